The fourth-order valence-electron chi connectivity index (χ4n) is 1.99. The first-order valence-electron chi connectivity index (χ1n) is 5.76. The third kappa shape index (κ3) is 2.00. The number of anilines is 1. The van der Waals surface area contributed by atoms with Gasteiger partial charge in [-0.2, -0.15) is 0 Å². The monoisotopic (exact) mass is 272 g/mol. The van der Waals surface area contributed by atoms with Crippen molar-refractivity contribution < 1.29 is 4.52 Å². The number of nitrogens with zero attached hydrogens (tertiary/aromatic N) is 3. The molecule has 0 spiro atoms. The first-order valence-corrected chi connectivity index (χ1v) is 6.58. The lowest BCUT2D eigenvalue weighted by molar-refractivity contribution is 0.436. The predicted octanol–water partition coefficient (Wildman–Crippen LogP) is 3.06. The van der Waals surface area contributed by atoms with Gasteiger partial charge in [-0.25, -0.2) is 4.98 Å². The van der Waals surface area contributed by atoms with Crippen LogP contribution in [0.1, 0.15) is 10.7 Å². The highest BCUT2D eigenvalue weighted by atomic mass is 32.1. The summed E-state index contributed by atoms with van der Waals surface area (Å²) in [6.07, 6.45) is 3.46. The molecule has 0 atom stereocenters. The second kappa shape index (κ2) is 4.47. The molecule has 3 rings (SSSR count). The first kappa shape index (κ1) is 11.9. The maximum atomic E-state index is 5.92. The molecule has 6 heteroatoms. The van der Waals surface area contributed by atoms with Crippen molar-refractivity contribution in [1.29, 1.82) is 0 Å². The number of hydrogen-bond donors (Lipinski definition) is 1. The average molecular weight is 272 g/mol. The van der Waals surface area contributed by atoms with E-state index in [1.807, 2.05) is 26.0 Å². The normalized spacial score (nSPS) is 10.8. The molecular weight excluding hydrogens is 260 g/mol. The number of hydrogen-bond acceptors (Lipinski definition) is 6. The fourth-order valence-corrected chi connectivity index (χ4v) is 2.89. The van der Waals surface area contributed by atoms with Gasteiger partial charge in [-0.15, -0.1) is 11.3 Å². The molecule has 2 N–H and O–H groups in total. The molecule has 5 nitrogen and oxygen atoms in total. The SMILES string of the molecule is Cc1nc(C)c(-c2onc(N)c2-c2cccnc2)s1. The Morgan fingerprint density at radius 1 is 1.32 bits per heavy atom. The summed E-state index contributed by atoms with van der Waals surface area (Å²) in [7, 11) is 0. The fraction of sp³-hybridized carbons (Fsp3) is 0.154. The van der Waals surface area contributed by atoms with Crippen molar-refractivity contribution >= 4 is 17.2 Å². The molecule has 0 saturated heterocycles. The standard InChI is InChI=1S/C13H12N4OS/c1-7-12(19-8(2)16-7)11-10(13(14)17-18-11)9-4-3-5-15-6-9/h3-6H,1-2H3,(H2,14,17). The quantitative estimate of drug-likeness (QED) is 0.775. The van der Waals surface area contributed by atoms with Crippen LogP contribution in [0.15, 0.2) is 29.0 Å². The Balaban J connectivity index is 2.22. The third-order valence-electron chi connectivity index (χ3n) is 2.78. The summed E-state index contributed by atoms with van der Waals surface area (Å²) in [6, 6.07) is 3.79. The minimum Gasteiger partial charge on any atom is -0.380 e. The van der Waals surface area contributed by atoms with Gasteiger partial charge in [-0.05, 0) is 19.9 Å². The van der Waals surface area contributed by atoms with E-state index >= 15 is 0 Å². The first-order chi connectivity index (χ1) is 9.16. The summed E-state index contributed by atoms with van der Waals surface area (Å²) < 4.78 is 5.40. The van der Waals surface area contributed by atoms with E-state index in [1.54, 1.807) is 23.7 Å². The van der Waals surface area contributed by atoms with E-state index in [0.29, 0.717) is 11.6 Å². The lowest BCUT2D eigenvalue weighted by Gasteiger charge is -2.00. The number of rotatable bonds is 2. The minimum atomic E-state index is 0.369. The van der Waals surface area contributed by atoms with Crippen LogP contribution in [-0.4, -0.2) is 15.1 Å². The molecule has 0 aliphatic rings. The van der Waals surface area contributed by atoms with Crippen LogP contribution < -0.4 is 5.73 Å². The van der Waals surface area contributed by atoms with Crippen LogP contribution in [0.5, 0.6) is 0 Å². The Morgan fingerprint density at radius 2 is 2.16 bits per heavy atom. The van der Waals surface area contributed by atoms with Gasteiger partial charge in [0.15, 0.2) is 11.6 Å². The number of thiazole rings is 1. The van der Waals surface area contributed by atoms with Crippen LogP contribution >= 0.6 is 11.3 Å². The Kier molecular flexibility index (Phi) is 2.79. The van der Waals surface area contributed by atoms with Gasteiger partial charge < -0.3 is 10.3 Å². The van der Waals surface area contributed by atoms with Crippen LogP contribution in [0.3, 0.4) is 0 Å². The lowest BCUT2D eigenvalue weighted by Crippen LogP contribution is -1.89. The Bertz CT molecular complexity index is 718. The largest absolute Gasteiger partial charge is 0.380 e. The molecule has 0 bridgehead atoms. The maximum Gasteiger partial charge on any atom is 0.188 e. The van der Waals surface area contributed by atoms with Crippen LogP contribution in [0.4, 0.5) is 5.82 Å². The third-order valence-corrected chi connectivity index (χ3v) is 3.85. The molecule has 0 amide bonds. The average Bonchev–Trinajstić information content (AvgIpc) is 2.93. The van der Waals surface area contributed by atoms with Crippen molar-refractivity contribution in [2.75, 3.05) is 5.73 Å². The molecule has 0 aromatic carbocycles. The summed E-state index contributed by atoms with van der Waals surface area (Å²) in [6.45, 7) is 3.91. The van der Waals surface area contributed by atoms with Gasteiger partial charge in [0.2, 0.25) is 0 Å². The molecule has 0 radical (unpaired) electrons. The molecule has 0 aliphatic heterocycles. The number of aromatic nitrogens is 3. The van der Waals surface area contributed by atoms with Crippen LogP contribution in [0, 0.1) is 13.8 Å². The molecule has 0 fully saturated rings. The van der Waals surface area contributed by atoms with E-state index in [4.69, 9.17) is 10.3 Å². The zero-order chi connectivity index (χ0) is 13.4. The van der Waals surface area contributed by atoms with Crippen molar-refractivity contribution in [1.82, 2.24) is 15.1 Å². The van der Waals surface area contributed by atoms with Crippen LogP contribution in [0.25, 0.3) is 21.8 Å². The number of aryl methyl sites for hydroxylation is 2. The van der Waals surface area contributed by atoms with Gasteiger partial charge in [0.1, 0.15) is 0 Å². The van der Waals surface area contributed by atoms with Crippen LogP contribution in [-0.2, 0) is 0 Å². The zero-order valence-electron chi connectivity index (χ0n) is 10.5. The highest BCUT2D eigenvalue weighted by Crippen LogP contribution is 2.40. The van der Waals surface area contributed by atoms with E-state index < -0.39 is 0 Å². The molecule has 3 aromatic heterocycles. The number of pyridine rings is 1. The molecule has 3 heterocycles. The van der Waals surface area contributed by atoms with Gasteiger partial charge in [-0.1, -0.05) is 11.2 Å². The lowest BCUT2D eigenvalue weighted by atomic mass is 10.1. The molecule has 19 heavy (non-hydrogen) atoms. The van der Waals surface area contributed by atoms with E-state index in [2.05, 4.69) is 15.1 Å². The number of nitrogen functional groups attached to an aromatic ring is 1. The Labute approximate surface area is 114 Å². The van der Waals surface area contributed by atoms with Gasteiger partial charge in [0, 0.05) is 18.0 Å². The Hall–Kier alpha value is -2.21. The maximum absolute atomic E-state index is 5.92. The molecule has 96 valence electrons. The molecule has 0 unspecified atom stereocenters. The molecule has 0 aliphatic carbocycles. The highest BCUT2D eigenvalue weighted by Gasteiger charge is 2.21. The summed E-state index contributed by atoms with van der Waals surface area (Å²) in [4.78, 5) is 9.47. The molecule has 0 saturated carbocycles. The zero-order valence-corrected chi connectivity index (χ0v) is 11.4. The Morgan fingerprint density at radius 3 is 2.79 bits per heavy atom. The highest BCUT2D eigenvalue weighted by molar-refractivity contribution is 7.15. The summed E-state index contributed by atoms with van der Waals surface area (Å²) in [5.74, 6) is 1.03. The van der Waals surface area contributed by atoms with Crippen molar-refractivity contribution in [3.05, 3.63) is 35.2 Å². The summed E-state index contributed by atoms with van der Waals surface area (Å²) in [5, 5.41) is 4.86. The van der Waals surface area contributed by atoms with Crippen molar-refractivity contribution in [3.8, 4) is 21.8 Å². The summed E-state index contributed by atoms with van der Waals surface area (Å²) >= 11 is 1.57. The van der Waals surface area contributed by atoms with E-state index in [9.17, 15) is 0 Å². The van der Waals surface area contributed by atoms with Gasteiger partial charge in [0.25, 0.3) is 0 Å². The van der Waals surface area contributed by atoms with Crippen molar-refractivity contribution in [2.24, 2.45) is 0 Å². The van der Waals surface area contributed by atoms with Gasteiger partial charge in [-0.3, -0.25) is 4.98 Å². The smallest absolute Gasteiger partial charge is 0.188 e. The van der Waals surface area contributed by atoms with Crippen molar-refractivity contribution in [3.63, 3.8) is 0 Å². The molecule has 3 aromatic rings. The minimum absolute atomic E-state index is 0.369. The van der Waals surface area contributed by atoms with Crippen LogP contribution in [0.2, 0.25) is 0 Å². The second-order valence-electron chi connectivity index (χ2n) is 4.16. The van der Waals surface area contributed by atoms with E-state index in [-0.39, 0.29) is 0 Å². The van der Waals surface area contributed by atoms with Gasteiger partial charge >= 0.3 is 0 Å². The van der Waals surface area contributed by atoms with E-state index in [1.165, 1.54) is 0 Å². The van der Waals surface area contributed by atoms with Gasteiger partial charge in [0.05, 0.1) is 21.1 Å². The number of nitrogens with two attached hydrogens (primary N) is 1. The van der Waals surface area contributed by atoms with Crippen molar-refractivity contribution in [2.45, 2.75) is 13.8 Å². The van der Waals surface area contributed by atoms with E-state index in [0.717, 1.165) is 26.7 Å². The molecular formula is C13H12N4OS. The predicted molar refractivity (Wildman–Crippen MR) is 74.7 cm³/mol. The summed E-state index contributed by atoms with van der Waals surface area (Å²) in [5.41, 5.74) is 8.51. The topological polar surface area (TPSA) is 77.8 Å². The second-order valence-corrected chi connectivity index (χ2v) is 5.36.